The van der Waals surface area contributed by atoms with Gasteiger partial charge in [-0.3, -0.25) is 0 Å². The van der Waals surface area contributed by atoms with Crippen molar-refractivity contribution < 1.29 is 4.74 Å². The Hall–Kier alpha value is -0.380. The zero-order chi connectivity index (χ0) is 10.8. The zero-order valence-electron chi connectivity index (χ0n) is 9.09. The van der Waals surface area contributed by atoms with Crippen LogP contribution in [-0.2, 0) is 4.74 Å². The van der Waals surface area contributed by atoms with E-state index in [2.05, 4.69) is 53.3 Å². The number of hydrogen-bond acceptors (Lipinski definition) is 2. The van der Waals surface area contributed by atoms with Gasteiger partial charge < -0.3 is 10.1 Å². The molecule has 15 heavy (non-hydrogen) atoms. The van der Waals surface area contributed by atoms with Gasteiger partial charge in [0.25, 0.3) is 0 Å². The molecule has 2 rings (SSSR count). The van der Waals surface area contributed by atoms with Gasteiger partial charge in [0.1, 0.15) is 0 Å². The molecule has 0 spiro atoms. The first kappa shape index (κ1) is 11.1. The van der Waals surface area contributed by atoms with E-state index in [4.69, 9.17) is 4.74 Å². The Bertz CT molecular complexity index is 325. The van der Waals surface area contributed by atoms with Crippen molar-refractivity contribution in [2.24, 2.45) is 0 Å². The lowest BCUT2D eigenvalue weighted by Crippen LogP contribution is -2.39. The fourth-order valence-corrected chi connectivity index (χ4v) is 2.49. The van der Waals surface area contributed by atoms with Crippen LogP contribution in [0.5, 0.6) is 0 Å². The van der Waals surface area contributed by atoms with E-state index < -0.39 is 0 Å². The summed E-state index contributed by atoms with van der Waals surface area (Å²) in [7, 11) is 0. The van der Waals surface area contributed by atoms with Crippen LogP contribution in [0, 0.1) is 6.92 Å². The third-order valence-electron chi connectivity index (χ3n) is 2.67. The van der Waals surface area contributed by atoms with Crippen LogP contribution in [0.4, 0.5) is 0 Å². The Labute approximate surface area is 99.1 Å². The number of ether oxygens (including phenoxy) is 1. The second kappa shape index (κ2) is 4.64. The van der Waals surface area contributed by atoms with Gasteiger partial charge in [-0.15, -0.1) is 0 Å². The molecule has 0 saturated carbocycles. The largest absolute Gasteiger partial charge is 0.375 e. The molecule has 1 aliphatic rings. The lowest BCUT2D eigenvalue weighted by molar-refractivity contribution is 0.0149. The van der Waals surface area contributed by atoms with Gasteiger partial charge in [-0.2, -0.15) is 0 Å². The van der Waals surface area contributed by atoms with Crippen LogP contribution in [0.1, 0.15) is 24.1 Å². The van der Waals surface area contributed by atoms with Crippen LogP contribution in [0.2, 0.25) is 0 Å². The van der Waals surface area contributed by atoms with Crippen molar-refractivity contribution in [3.63, 3.8) is 0 Å². The van der Waals surface area contributed by atoms with E-state index in [-0.39, 0.29) is 0 Å². The molecule has 82 valence electrons. The molecular weight excluding hydrogens is 254 g/mol. The zero-order valence-corrected chi connectivity index (χ0v) is 10.7. The molecule has 2 nitrogen and oxygen atoms in total. The topological polar surface area (TPSA) is 21.3 Å². The van der Waals surface area contributed by atoms with E-state index in [1.807, 2.05) is 0 Å². The molecule has 1 aromatic rings. The van der Waals surface area contributed by atoms with Crippen molar-refractivity contribution in [2.75, 3.05) is 13.2 Å². The SMILES string of the molecule is Cc1cc(Br)cc(C2COC(C)CN2)c1. The average molecular weight is 270 g/mol. The second-order valence-electron chi connectivity index (χ2n) is 4.17. The molecule has 3 heteroatoms. The number of nitrogens with one attached hydrogen (secondary N) is 1. The molecule has 0 aromatic heterocycles. The van der Waals surface area contributed by atoms with Gasteiger partial charge >= 0.3 is 0 Å². The molecule has 0 aliphatic carbocycles. The molecule has 1 aliphatic heterocycles. The molecule has 0 amide bonds. The quantitative estimate of drug-likeness (QED) is 0.847. The monoisotopic (exact) mass is 269 g/mol. The van der Waals surface area contributed by atoms with Crippen molar-refractivity contribution >= 4 is 15.9 Å². The van der Waals surface area contributed by atoms with Gasteiger partial charge in [-0.25, -0.2) is 0 Å². The minimum Gasteiger partial charge on any atom is -0.375 e. The van der Waals surface area contributed by atoms with Crippen molar-refractivity contribution in [1.29, 1.82) is 0 Å². The standard InChI is InChI=1S/C12H16BrNO/c1-8-3-10(5-11(13)4-8)12-7-15-9(2)6-14-12/h3-5,9,12,14H,6-7H2,1-2H3. The molecule has 0 radical (unpaired) electrons. The number of hydrogen-bond donors (Lipinski definition) is 1. The molecule has 2 unspecified atom stereocenters. The summed E-state index contributed by atoms with van der Waals surface area (Å²) in [5.41, 5.74) is 2.58. The van der Waals surface area contributed by atoms with E-state index in [0.29, 0.717) is 12.1 Å². The fourth-order valence-electron chi connectivity index (χ4n) is 1.87. The molecule has 1 saturated heterocycles. The molecular formula is C12H16BrNO. The van der Waals surface area contributed by atoms with Gasteiger partial charge in [0.05, 0.1) is 18.8 Å². The van der Waals surface area contributed by atoms with Gasteiger partial charge in [0, 0.05) is 11.0 Å². The van der Waals surface area contributed by atoms with Crippen LogP contribution < -0.4 is 5.32 Å². The van der Waals surface area contributed by atoms with Crippen molar-refractivity contribution in [3.8, 4) is 0 Å². The number of benzene rings is 1. The molecule has 1 heterocycles. The highest BCUT2D eigenvalue weighted by molar-refractivity contribution is 9.10. The number of halogens is 1. The predicted molar refractivity (Wildman–Crippen MR) is 65.0 cm³/mol. The van der Waals surface area contributed by atoms with E-state index in [9.17, 15) is 0 Å². The summed E-state index contributed by atoms with van der Waals surface area (Å²) in [5, 5.41) is 3.49. The Morgan fingerprint density at radius 2 is 2.20 bits per heavy atom. The summed E-state index contributed by atoms with van der Waals surface area (Å²) in [4.78, 5) is 0. The van der Waals surface area contributed by atoms with Crippen LogP contribution >= 0.6 is 15.9 Å². The lowest BCUT2D eigenvalue weighted by Gasteiger charge is -2.28. The highest BCUT2D eigenvalue weighted by Gasteiger charge is 2.19. The van der Waals surface area contributed by atoms with E-state index >= 15 is 0 Å². The van der Waals surface area contributed by atoms with Crippen molar-refractivity contribution in [1.82, 2.24) is 5.32 Å². The maximum absolute atomic E-state index is 5.65. The summed E-state index contributed by atoms with van der Waals surface area (Å²) in [6.07, 6.45) is 0.328. The third-order valence-corrected chi connectivity index (χ3v) is 3.12. The van der Waals surface area contributed by atoms with Crippen LogP contribution in [0.15, 0.2) is 22.7 Å². The van der Waals surface area contributed by atoms with Gasteiger partial charge in [-0.05, 0) is 37.1 Å². The normalized spacial score (nSPS) is 26.6. The van der Waals surface area contributed by atoms with Gasteiger partial charge in [0.15, 0.2) is 0 Å². The first-order valence-corrected chi connectivity index (χ1v) is 6.06. The number of rotatable bonds is 1. The van der Waals surface area contributed by atoms with E-state index in [1.165, 1.54) is 11.1 Å². The molecule has 0 bridgehead atoms. The summed E-state index contributed by atoms with van der Waals surface area (Å²) < 4.78 is 6.78. The minimum atomic E-state index is 0.328. The summed E-state index contributed by atoms with van der Waals surface area (Å²) in [6.45, 7) is 5.89. The molecule has 1 fully saturated rings. The predicted octanol–water partition coefficient (Wildman–Crippen LogP) is 2.81. The smallest absolute Gasteiger partial charge is 0.0672 e. The van der Waals surface area contributed by atoms with Crippen LogP contribution in [0.3, 0.4) is 0 Å². The van der Waals surface area contributed by atoms with E-state index in [1.54, 1.807) is 0 Å². The first-order valence-electron chi connectivity index (χ1n) is 5.27. The molecule has 1 N–H and O–H groups in total. The van der Waals surface area contributed by atoms with E-state index in [0.717, 1.165) is 17.6 Å². The fraction of sp³-hybridized carbons (Fsp3) is 0.500. The molecule has 2 atom stereocenters. The average Bonchev–Trinajstić information content (AvgIpc) is 2.17. The molecule has 1 aromatic carbocycles. The Balaban J connectivity index is 2.15. The maximum atomic E-state index is 5.65. The third kappa shape index (κ3) is 2.80. The van der Waals surface area contributed by atoms with Crippen LogP contribution in [-0.4, -0.2) is 19.3 Å². The summed E-state index contributed by atoms with van der Waals surface area (Å²) in [5.74, 6) is 0. The maximum Gasteiger partial charge on any atom is 0.0672 e. The van der Waals surface area contributed by atoms with Gasteiger partial charge in [0.2, 0.25) is 0 Å². The highest BCUT2D eigenvalue weighted by Crippen LogP contribution is 2.23. The highest BCUT2D eigenvalue weighted by atomic mass is 79.9. The van der Waals surface area contributed by atoms with Crippen molar-refractivity contribution in [2.45, 2.75) is 26.0 Å². The lowest BCUT2D eigenvalue weighted by atomic mass is 10.0. The first-order chi connectivity index (χ1) is 7.15. The Kier molecular flexibility index (Phi) is 3.44. The number of morpholine rings is 1. The Morgan fingerprint density at radius 1 is 1.40 bits per heavy atom. The number of aryl methyl sites for hydroxylation is 1. The summed E-state index contributed by atoms with van der Waals surface area (Å²) >= 11 is 3.52. The van der Waals surface area contributed by atoms with Crippen molar-refractivity contribution in [3.05, 3.63) is 33.8 Å². The van der Waals surface area contributed by atoms with Gasteiger partial charge in [-0.1, -0.05) is 22.0 Å². The second-order valence-corrected chi connectivity index (χ2v) is 5.08. The Morgan fingerprint density at radius 3 is 2.80 bits per heavy atom. The van der Waals surface area contributed by atoms with Crippen LogP contribution in [0.25, 0.3) is 0 Å². The minimum absolute atomic E-state index is 0.328. The summed E-state index contributed by atoms with van der Waals surface area (Å²) in [6, 6.07) is 6.82.